The summed E-state index contributed by atoms with van der Waals surface area (Å²) in [6, 6.07) is 44.0. The van der Waals surface area contributed by atoms with Crippen molar-refractivity contribution in [2.24, 2.45) is 0 Å². The van der Waals surface area contributed by atoms with E-state index in [0.717, 1.165) is 21.6 Å². The molecule has 7 aromatic rings. The Hall–Kier alpha value is -5.82. The molecular weight excluding hydrogens is 786 g/mol. The summed E-state index contributed by atoms with van der Waals surface area (Å²) in [6.07, 6.45) is 1.24. The first-order chi connectivity index (χ1) is 28.8. The highest BCUT2D eigenvalue weighted by Crippen LogP contribution is 2.62. The van der Waals surface area contributed by atoms with Crippen molar-refractivity contribution in [1.82, 2.24) is 19.5 Å². The lowest BCUT2D eigenvalue weighted by atomic mass is 9.80. The number of nitrogens with zero attached hydrogens (tertiary/aromatic N) is 4. The van der Waals surface area contributed by atoms with E-state index in [0.29, 0.717) is 34.6 Å². The zero-order valence-electron chi connectivity index (χ0n) is 32.6. The summed E-state index contributed by atoms with van der Waals surface area (Å²) in [5, 5.41) is 2.87. The van der Waals surface area contributed by atoms with Gasteiger partial charge in [-0.15, -0.1) is 0 Å². The smallest absolute Gasteiger partial charge is 0.259 e. The van der Waals surface area contributed by atoms with Gasteiger partial charge in [0.05, 0.1) is 33.3 Å². The summed E-state index contributed by atoms with van der Waals surface area (Å²) in [5.41, 5.74) is 2.76. The summed E-state index contributed by atoms with van der Waals surface area (Å²) in [6.45, 7) is -1.65. The van der Waals surface area contributed by atoms with Gasteiger partial charge < -0.3 is 28.8 Å². The molecule has 0 aliphatic carbocycles. The highest BCUT2D eigenvalue weighted by atomic mass is 32.7. The first-order valence-corrected chi connectivity index (χ1v) is 22.4. The van der Waals surface area contributed by atoms with E-state index in [9.17, 15) is 9.36 Å². The number of aromatic nitrogens is 4. The van der Waals surface area contributed by atoms with Gasteiger partial charge in [-0.25, -0.2) is 15.0 Å². The molecule has 5 aromatic carbocycles. The van der Waals surface area contributed by atoms with Gasteiger partial charge in [0.25, 0.3) is 12.5 Å². The molecule has 2 aromatic heterocycles. The molecule has 12 nitrogen and oxygen atoms in total. The summed E-state index contributed by atoms with van der Waals surface area (Å²) in [4.78, 5) is 27.4. The van der Waals surface area contributed by atoms with E-state index in [-0.39, 0.29) is 18.3 Å². The van der Waals surface area contributed by atoms with Gasteiger partial charge in [0.2, 0.25) is 0 Å². The number of carbonyl (C=O) groups is 1. The van der Waals surface area contributed by atoms with E-state index in [4.69, 9.17) is 23.5 Å². The second kappa shape index (κ2) is 17.6. The summed E-state index contributed by atoms with van der Waals surface area (Å²) < 4.78 is 47.8. The normalized spacial score (nSPS) is 17.6. The molecule has 3 heterocycles. The van der Waals surface area contributed by atoms with Gasteiger partial charge in [0.1, 0.15) is 35.8 Å². The largest absolute Gasteiger partial charge is 0.497 e. The third-order valence-electron chi connectivity index (χ3n) is 10.1. The van der Waals surface area contributed by atoms with Crippen molar-refractivity contribution in [3.05, 3.63) is 174 Å². The molecule has 1 fully saturated rings. The van der Waals surface area contributed by atoms with E-state index in [1.54, 1.807) is 56.0 Å². The highest BCUT2D eigenvalue weighted by Gasteiger charge is 2.45. The highest BCUT2D eigenvalue weighted by molar-refractivity contribution is 8.56. The number of benzene rings is 5. The van der Waals surface area contributed by atoms with E-state index in [2.05, 4.69) is 20.3 Å². The lowest BCUT2D eigenvalue weighted by Crippen LogP contribution is -2.38. The second-order valence-corrected chi connectivity index (χ2v) is 18.8. The van der Waals surface area contributed by atoms with Crippen LogP contribution in [0.5, 0.6) is 11.5 Å². The van der Waals surface area contributed by atoms with E-state index in [1.807, 2.05) is 115 Å². The lowest BCUT2D eigenvalue weighted by molar-refractivity contribution is -0.0897. The van der Waals surface area contributed by atoms with Gasteiger partial charge >= 0.3 is 0 Å². The van der Waals surface area contributed by atoms with E-state index in [1.165, 1.54) is 17.7 Å². The average Bonchev–Trinajstić information content (AvgIpc) is 3.89. The standard InChI is InChI=1S/C45H42N5O7PS/c1-53-35-23-19-33(20-24-35)45(32-15-9-5-10-16-32,34-21-25-36(54-2)26-22-34)55-28-39-38(57-58(3,52)59-37-17-11-6-12-18-37)27-40(56-39)50-30-48-41-42(46-29-47-43(41)50)49-44(51)31-13-7-4-8-14-31/h4-26,29-30,38-40H,27-28H2,1-3H3,(H,46,47,49,51)/t38-,39+,40+,58?/m0/s1. The van der Waals surface area contributed by atoms with Crippen molar-refractivity contribution in [2.45, 2.75) is 35.4 Å². The van der Waals surface area contributed by atoms with Crippen LogP contribution < -0.4 is 14.8 Å². The fourth-order valence-corrected chi connectivity index (χ4v) is 10.7. The van der Waals surface area contributed by atoms with Crippen LogP contribution in [0, 0.1) is 0 Å². The van der Waals surface area contributed by atoms with Crippen LogP contribution in [0.15, 0.2) is 157 Å². The van der Waals surface area contributed by atoms with Crippen molar-refractivity contribution in [3.63, 3.8) is 0 Å². The summed E-state index contributed by atoms with van der Waals surface area (Å²) >= 11 is 1.20. The van der Waals surface area contributed by atoms with Crippen LogP contribution >= 0.6 is 18.0 Å². The van der Waals surface area contributed by atoms with Crippen LogP contribution in [0.2, 0.25) is 0 Å². The van der Waals surface area contributed by atoms with E-state index < -0.39 is 30.6 Å². The maximum Gasteiger partial charge on any atom is 0.259 e. The van der Waals surface area contributed by atoms with Gasteiger partial charge in [0.15, 0.2) is 17.0 Å². The molecule has 1 aliphatic heterocycles. The van der Waals surface area contributed by atoms with Gasteiger partial charge in [-0.1, -0.05) is 91.0 Å². The topological polar surface area (TPSA) is 136 Å². The Morgan fingerprint density at radius 1 is 0.797 bits per heavy atom. The number of imidazole rings is 1. The summed E-state index contributed by atoms with van der Waals surface area (Å²) in [7, 11) is 3.26. The van der Waals surface area contributed by atoms with Crippen LogP contribution in [-0.2, 0) is 24.2 Å². The van der Waals surface area contributed by atoms with E-state index >= 15 is 0 Å². The Balaban J connectivity index is 1.16. The second-order valence-electron chi connectivity index (χ2n) is 13.9. The van der Waals surface area contributed by atoms with Gasteiger partial charge in [-0.05, 0) is 76.6 Å². The Morgan fingerprint density at radius 3 is 1.98 bits per heavy atom. The molecule has 1 unspecified atom stereocenters. The first kappa shape index (κ1) is 40.0. The zero-order valence-corrected chi connectivity index (χ0v) is 34.3. The number of fused-ring (bicyclic) bond motifs is 1. The number of amides is 1. The van der Waals surface area contributed by atoms with Crippen molar-refractivity contribution in [3.8, 4) is 11.5 Å². The fraction of sp³-hybridized carbons (Fsp3) is 0.200. The van der Waals surface area contributed by atoms with Gasteiger partial charge in [-0.3, -0.25) is 13.9 Å². The van der Waals surface area contributed by atoms with Crippen molar-refractivity contribution in [2.75, 3.05) is 32.8 Å². The minimum atomic E-state index is -3.31. The third-order valence-corrected chi connectivity index (χ3v) is 13.5. The molecule has 8 rings (SSSR count). The fourth-order valence-electron chi connectivity index (χ4n) is 7.28. The first-order valence-electron chi connectivity index (χ1n) is 18.9. The van der Waals surface area contributed by atoms with Crippen LogP contribution in [0.4, 0.5) is 5.82 Å². The third kappa shape index (κ3) is 8.66. The number of anilines is 1. The van der Waals surface area contributed by atoms with Gasteiger partial charge in [0, 0.05) is 23.5 Å². The Kier molecular flexibility index (Phi) is 11.9. The Labute approximate surface area is 346 Å². The molecule has 300 valence electrons. The van der Waals surface area contributed by atoms with Crippen LogP contribution in [0.1, 0.15) is 39.7 Å². The molecule has 0 radical (unpaired) electrons. The van der Waals surface area contributed by atoms with Gasteiger partial charge in [-0.2, -0.15) is 0 Å². The molecule has 59 heavy (non-hydrogen) atoms. The van der Waals surface area contributed by atoms with Crippen molar-refractivity contribution < 1.29 is 32.8 Å². The Bertz CT molecular complexity index is 2500. The summed E-state index contributed by atoms with van der Waals surface area (Å²) in [5.74, 6) is 1.34. The van der Waals surface area contributed by atoms with Crippen molar-refractivity contribution >= 4 is 40.8 Å². The molecule has 14 heteroatoms. The maximum absolute atomic E-state index is 14.3. The number of ether oxygens (including phenoxy) is 4. The number of methoxy groups -OCH3 is 2. The Morgan fingerprint density at radius 2 is 1.37 bits per heavy atom. The molecule has 1 amide bonds. The number of carbonyl (C=O) groups excluding carboxylic acids is 1. The molecular formula is C45H42N5O7PS. The predicted octanol–water partition coefficient (Wildman–Crippen LogP) is 9.39. The molecule has 0 saturated carbocycles. The number of rotatable bonds is 15. The van der Waals surface area contributed by atoms with Crippen LogP contribution in [0.3, 0.4) is 0 Å². The predicted molar refractivity (Wildman–Crippen MR) is 227 cm³/mol. The minimum absolute atomic E-state index is 0.0319. The monoisotopic (exact) mass is 827 g/mol. The lowest BCUT2D eigenvalue weighted by Gasteiger charge is -2.37. The quantitative estimate of drug-likeness (QED) is 0.0782. The number of nitrogens with one attached hydrogen (secondary N) is 1. The molecule has 0 spiro atoms. The van der Waals surface area contributed by atoms with Crippen LogP contribution in [-0.4, -0.2) is 65.1 Å². The average molecular weight is 828 g/mol. The maximum atomic E-state index is 14.3. The van der Waals surface area contributed by atoms with Crippen LogP contribution in [0.25, 0.3) is 11.2 Å². The zero-order chi connectivity index (χ0) is 40.8. The molecule has 4 atom stereocenters. The number of hydrogen-bond acceptors (Lipinski definition) is 11. The van der Waals surface area contributed by atoms with Crippen molar-refractivity contribution in [1.29, 1.82) is 0 Å². The SMILES string of the molecule is COc1ccc(C(OC[C@H]2O[C@@H](n3cnc4c(NC(=O)c5ccccc5)ncnc43)C[C@@H]2OP(C)(=O)Sc2ccccc2)(c2ccccc2)c2ccc(OC)cc2)cc1. The molecule has 1 N–H and O–H groups in total. The molecule has 1 aliphatic rings. The minimum Gasteiger partial charge on any atom is -0.497 e. The molecule has 1 saturated heterocycles. The molecule has 0 bridgehead atoms. The number of hydrogen-bond donors (Lipinski definition) is 1.